The standard InChI is InChI=1S/C20H19ClN4O3/c1-3-12-4-6-13(7-5-12)11-24-18-17(22-23-24)19(26)25(20(18)27)14-8-9-16(28-2)15(21)10-14/h4-10,17-18H,3,11H2,1-2H3/t17-,18-/m0/s1. The average molecular weight is 399 g/mol. The Morgan fingerprint density at radius 3 is 2.43 bits per heavy atom. The number of imide groups is 1. The van der Waals surface area contributed by atoms with E-state index >= 15 is 0 Å². The Labute approximate surface area is 167 Å². The van der Waals surface area contributed by atoms with E-state index in [-0.39, 0.29) is 5.91 Å². The van der Waals surface area contributed by atoms with Crippen molar-refractivity contribution in [3.8, 4) is 5.75 Å². The maximum Gasteiger partial charge on any atom is 0.263 e. The van der Waals surface area contributed by atoms with Gasteiger partial charge in [0.1, 0.15) is 5.75 Å². The normalized spacial score (nSPS) is 20.8. The molecule has 2 aromatic carbocycles. The zero-order chi connectivity index (χ0) is 19.8. The Bertz CT molecular complexity index is 960. The van der Waals surface area contributed by atoms with Crippen LogP contribution in [0.2, 0.25) is 5.02 Å². The lowest BCUT2D eigenvalue weighted by molar-refractivity contribution is -0.123. The number of carbonyl (C=O) groups is 2. The van der Waals surface area contributed by atoms with E-state index in [4.69, 9.17) is 16.3 Å². The Balaban J connectivity index is 1.57. The van der Waals surface area contributed by atoms with E-state index in [9.17, 15) is 9.59 Å². The molecule has 2 aliphatic rings. The number of hydrogen-bond donors (Lipinski definition) is 0. The van der Waals surface area contributed by atoms with Gasteiger partial charge >= 0.3 is 0 Å². The van der Waals surface area contributed by atoms with Crippen molar-refractivity contribution in [3.63, 3.8) is 0 Å². The molecule has 0 bridgehead atoms. The van der Waals surface area contributed by atoms with Gasteiger partial charge < -0.3 is 4.74 Å². The number of fused-ring (bicyclic) bond motifs is 1. The minimum atomic E-state index is -0.830. The predicted octanol–water partition coefficient (Wildman–Crippen LogP) is 3.40. The second kappa shape index (κ2) is 7.24. The maximum absolute atomic E-state index is 13.0. The SMILES string of the molecule is CCc1ccc(CN2N=N[C@@H]3C(=O)N(c4ccc(OC)c(Cl)c4)C(=O)[C@H]32)cc1. The van der Waals surface area contributed by atoms with Crippen molar-refractivity contribution in [2.24, 2.45) is 10.3 Å². The van der Waals surface area contributed by atoms with Crippen LogP contribution in [0.3, 0.4) is 0 Å². The van der Waals surface area contributed by atoms with Gasteiger partial charge in [-0.3, -0.25) is 14.6 Å². The van der Waals surface area contributed by atoms with Gasteiger partial charge in [0.05, 0.1) is 24.4 Å². The van der Waals surface area contributed by atoms with Gasteiger partial charge in [-0.05, 0) is 35.7 Å². The third kappa shape index (κ3) is 3.01. The summed E-state index contributed by atoms with van der Waals surface area (Å²) in [5.74, 6) is -0.281. The number of anilines is 1. The minimum Gasteiger partial charge on any atom is -0.495 e. The molecule has 0 spiro atoms. The van der Waals surface area contributed by atoms with Gasteiger partial charge in [-0.15, -0.1) is 0 Å². The Kier molecular flexibility index (Phi) is 4.77. The number of hydrogen-bond acceptors (Lipinski definition) is 6. The van der Waals surface area contributed by atoms with Crippen LogP contribution in [-0.4, -0.2) is 36.0 Å². The monoisotopic (exact) mass is 398 g/mol. The van der Waals surface area contributed by atoms with Crippen molar-refractivity contribution in [1.29, 1.82) is 0 Å². The molecule has 28 heavy (non-hydrogen) atoms. The first-order chi connectivity index (χ1) is 13.5. The third-order valence-electron chi connectivity index (χ3n) is 5.03. The number of carbonyl (C=O) groups excluding carboxylic acids is 2. The van der Waals surface area contributed by atoms with Crippen LogP contribution in [0, 0.1) is 0 Å². The summed E-state index contributed by atoms with van der Waals surface area (Å²) >= 11 is 6.16. The molecule has 8 heteroatoms. The van der Waals surface area contributed by atoms with Crippen molar-refractivity contribution in [3.05, 3.63) is 58.6 Å². The summed E-state index contributed by atoms with van der Waals surface area (Å²) in [6.45, 7) is 2.50. The first kappa shape index (κ1) is 18.4. The Morgan fingerprint density at radius 1 is 1.07 bits per heavy atom. The highest BCUT2D eigenvalue weighted by Gasteiger charge is 2.54. The highest BCUT2D eigenvalue weighted by molar-refractivity contribution is 6.33. The number of rotatable bonds is 5. The van der Waals surface area contributed by atoms with Crippen LogP contribution < -0.4 is 9.64 Å². The molecule has 2 amide bonds. The fourth-order valence-corrected chi connectivity index (χ4v) is 3.72. The molecule has 2 aliphatic heterocycles. The first-order valence-electron chi connectivity index (χ1n) is 9.00. The number of amides is 2. The molecule has 0 saturated carbocycles. The first-order valence-corrected chi connectivity index (χ1v) is 9.38. The highest BCUT2D eigenvalue weighted by Crippen LogP contribution is 2.35. The van der Waals surface area contributed by atoms with Gasteiger partial charge in [0.15, 0.2) is 12.1 Å². The molecular formula is C20H19ClN4O3. The molecule has 0 aliphatic carbocycles. The smallest absolute Gasteiger partial charge is 0.263 e. The van der Waals surface area contributed by atoms with Crippen molar-refractivity contribution < 1.29 is 14.3 Å². The van der Waals surface area contributed by atoms with Crippen LogP contribution in [0.25, 0.3) is 0 Å². The van der Waals surface area contributed by atoms with Crippen molar-refractivity contribution >= 4 is 29.1 Å². The van der Waals surface area contributed by atoms with Gasteiger partial charge in [0.2, 0.25) is 0 Å². The van der Waals surface area contributed by atoms with Crippen LogP contribution >= 0.6 is 11.6 Å². The number of methoxy groups -OCH3 is 1. The minimum absolute atomic E-state index is 0.326. The van der Waals surface area contributed by atoms with Gasteiger partial charge in [-0.1, -0.05) is 48.0 Å². The van der Waals surface area contributed by atoms with E-state index in [2.05, 4.69) is 17.3 Å². The van der Waals surface area contributed by atoms with Crippen LogP contribution in [0.1, 0.15) is 18.1 Å². The van der Waals surface area contributed by atoms with Gasteiger partial charge in [-0.2, -0.15) is 5.11 Å². The average Bonchev–Trinajstić information content (AvgIpc) is 3.22. The maximum atomic E-state index is 13.0. The number of benzene rings is 2. The van der Waals surface area contributed by atoms with Gasteiger partial charge in [0, 0.05) is 0 Å². The number of halogens is 1. The van der Waals surface area contributed by atoms with Crippen molar-refractivity contribution in [2.75, 3.05) is 12.0 Å². The molecule has 0 aromatic heterocycles. The van der Waals surface area contributed by atoms with Crippen LogP contribution in [-0.2, 0) is 22.6 Å². The zero-order valence-corrected chi connectivity index (χ0v) is 16.3. The summed E-state index contributed by atoms with van der Waals surface area (Å²) in [5.41, 5.74) is 2.64. The lowest BCUT2D eigenvalue weighted by Crippen LogP contribution is -2.39. The van der Waals surface area contributed by atoms with Gasteiger partial charge in [0.25, 0.3) is 11.8 Å². The second-order valence-corrected chi connectivity index (χ2v) is 7.10. The molecule has 0 unspecified atom stereocenters. The summed E-state index contributed by atoms with van der Waals surface area (Å²) < 4.78 is 5.13. The van der Waals surface area contributed by atoms with Crippen molar-refractivity contribution in [2.45, 2.75) is 32.0 Å². The van der Waals surface area contributed by atoms with E-state index in [1.165, 1.54) is 12.7 Å². The second-order valence-electron chi connectivity index (χ2n) is 6.69. The summed E-state index contributed by atoms with van der Waals surface area (Å²) in [4.78, 5) is 27.0. The van der Waals surface area contributed by atoms with E-state index in [0.717, 1.165) is 16.9 Å². The van der Waals surface area contributed by atoms with Crippen LogP contribution in [0.4, 0.5) is 5.69 Å². The molecular weight excluding hydrogens is 380 g/mol. The molecule has 2 heterocycles. The van der Waals surface area contributed by atoms with E-state index in [1.54, 1.807) is 23.2 Å². The summed E-state index contributed by atoms with van der Waals surface area (Å²) in [6.07, 6.45) is 0.959. The zero-order valence-electron chi connectivity index (χ0n) is 15.5. The van der Waals surface area contributed by atoms with Gasteiger partial charge in [-0.25, -0.2) is 4.90 Å². The Morgan fingerprint density at radius 2 is 1.79 bits per heavy atom. The molecule has 2 atom stereocenters. The largest absolute Gasteiger partial charge is 0.495 e. The molecule has 1 fully saturated rings. The summed E-state index contributed by atoms with van der Waals surface area (Å²) in [5, 5.41) is 10.0. The number of nitrogens with zero attached hydrogens (tertiary/aromatic N) is 4. The van der Waals surface area contributed by atoms with E-state index in [0.29, 0.717) is 23.0 Å². The molecule has 4 rings (SSSR count). The molecule has 2 aromatic rings. The summed E-state index contributed by atoms with van der Waals surface area (Å²) in [7, 11) is 1.50. The summed E-state index contributed by atoms with van der Waals surface area (Å²) in [6, 6.07) is 11.3. The number of aryl methyl sites for hydroxylation is 1. The van der Waals surface area contributed by atoms with E-state index < -0.39 is 18.0 Å². The van der Waals surface area contributed by atoms with Crippen molar-refractivity contribution in [1.82, 2.24) is 5.01 Å². The predicted molar refractivity (Wildman–Crippen MR) is 104 cm³/mol. The molecule has 0 N–H and O–H groups in total. The number of ether oxygens (including phenoxy) is 1. The quantitative estimate of drug-likeness (QED) is 0.723. The van der Waals surface area contributed by atoms with Crippen LogP contribution in [0.15, 0.2) is 52.8 Å². The third-order valence-corrected chi connectivity index (χ3v) is 5.32. The van der Waals surface area contributed by atoms with Crippen LogP contribution in [0.5, 0.6) is 5.75 Å². The highest BCUT2D eigenvalue weighted by atomic mass is 35.5. The molecule has 7 nitrogen and oxygen atoms in total. The molecule has 1 saturated heterocycles. The Hall–Kier alpha value is -2.93. The fraction of sp³-hybridized carbons (Fsp3) is 0.300. The topological polar surface area (TPSA) is 74.6 Å². The van der Waals surface area contributed by atoms with E-state index in [1.807, 2.05) is 24.3 Å². The fourth-order valence-electron chi connectivity index (χ4n) is 3.47. The molecule has 0 radical (unpaired) electrons. The molecule has 144 valence electrons. The lowest BCUT2D eigenvalue weighted by atomic mass is 10.1. The lowest BCUT2D eigenvalue weighted by Gasteiger charge is -2.21.